The number of nitrogens with one attached hydrogen (secondary N) is 1. The quantitative estimate of drug-likeness (QED) is 0.675. The Balaban J connectivity index is 1.52. The molecule has 0 aliphatic heterocycles. The summed E-state index contributed by atoms with van der Waals surface area (Å²) in [5.74, 6) is -1.24. The van der Waals surface area contributed by atoms with Crippen molar-refractivity contribution in [2.75, 3.05) is 6.61 Å². The average molecular weight is 387 g/mol. The number of hydrogen-bond acceptors (Lipinski definition) is 3. The first-order valence-electron chi connectivity index (χ1n) is 9.43. The maximum absolute atomic E-state index is 12.5. The molecule has 0 saturated heterocycles. The number of carbonyl (C=O) groups is 2. The lowest BCUT2D eigenvalue weighted by Crippen LogP contribution is -2.49. The topological polar surface area (TPSA) is 75.6 Å². The van der Waals surface area contributed by atoms with Crippen molar-refractivity contribution < 1.29 is 19.4 Å². The number of benzene rings is 3. The van der Waals surface area contributed by atoms with Gasteiger partial charge in [-0.05, 0) is 34.7 Å². The summed E-state index contributed by atoms with van der Waals surface area (Å²) in [6, 6.07) is 24.7. The average Bonchev–Trinajstić information content (AvgIpc) is 3.06. The molecule has 3 aromatic carbocycles. The van der Waals surface area contributed by atoms with Gasteiger partial charge in [-0.15, -0.1) is 0 Å². The molecule has 146 valence electrons. The van der Waals surface area contributed by atoms with Gasteiger partial charge in [-0.25, -0.2) is 9.59 Å². The van der Waals surface area contributed by atoms with Crippen molar-refractivity contribution >= 4 is 12.1 Å². The number of hydrogen-bond donors (Lipinski definition) is 2. The molecule has 4 rings (SSSR count). The number of rotatable bonds is 5. The summed E-state index contributed by atoms with van der Waals surface area (Å²) in [7, 11) is 0. The van der Waals surface area contributed by atoms with Crippen LogP contribution in [0.4, 0.5) is 4.79 Å². The fraction of sp³-hybridized carbons (Fsp3) is 0.167. The molecule has 1 amide bonds. The molecule has 1 aliphatic carbocycles. The van der Waals surface area contributed by atoms with Crippen molar-refractivity contribution in [1.29, 1.82) is 0 Å². The highest BCUT2D eigenvalue weighted by atomic mass is 16.5. The second-order valence-electron chi connectivity index (χ2n) is 7.25. The van der Waals surface area contributed by atoms with Crippen LogP contribution in [0.5, 0.6) is 0 Å². The minimum Gasteiger partial charge on any atom is -0.479 e. The largest absolute Gasteiger partial charge is 0.479 e. The van der Waals surface area contributed by atoms with Gasteiger partial charge in [-0.1, -0.05) is 78.9 Å². The summed E-state index contributed by atoms with van der Waals surface area (Å²) < 4.78 is 5.49. The van der Waals surface area contributed by atoms with E-state index in [0.717, 1.165) is 22.3 Å². The Kier molecular flexibility index (Phi) is 4.80. The van der Waals surface area contributed by atoms with E-state index >= 15 is 0 Å². The van der Waals surface area contributed by atoms with Crippen molar-refractivity contribution in [3.8, 4) is 11.1 Å². The van der Waals surface area contributed by atoms with Crippen LogP contribution in [0.3, 0.4) is 0 Å². The van der Waals surface area contributed by atoms with Gasteiger partial charge in [0.25, 0.3) is 0 Å². The number of carboxylic acids is 1. The zero-order chi connectivity index (χ0) is 20.4. The number of carbonyl (C=O) groups excluding carboxylic acids is 1. The molecule has 0 bridgehead atoms. The van der Waals surface area contributed by atoms with Crippen molar-refractivity contribution in [3.63, 3.8) is 0 Å². The molecule has 3 aromatic rings. The van der Waals surface area contributed by atoms with Gasteiger partial charge in [0.05, 0.1) is 0 Å². The Morgan fingerprint density at radius 3 is 1.97 bits per heavy atom. The molecule has 0 fully saturated rings. The van der Waals surface area contributed by atoms with Crippen LogP contribution in [-0.4, -0.2) is 23.8 Å². The number of carboxylic acid groups (broad SMARTS) is 1. The third kappa shape index (κ3) is 3.36. The predicted molar refractivity (Wildman–Crippen MR) is 110 cm³/mol. The predicted octanol–water partition coefficient (Wildman–Crippen LogP) is 4.53. The van der Waals surface area contributed by atoms with E-state index in [2.05, 4.69) is 17.4 Å². The lowest BCUT2D eigenvalue weighted by Gasteiger charge is -2.26. The van der Waals surface area contributed by atoms with Crippen molar-refractivity contribution in [1.82, 2.24) is 5.32 Å². The van der Waals surface area contributed by atoms with Crippen LogP contribution in [0.1, 0.15) is 29.5 Å². The van der Waals surface area contributed by atoms with Gasteiger partial charge in [0.2, 0.25) is 0 Å². The third-order valence-electron chi connectivity index (χ3n) is 5.47. The second-order valence-corrected chi connectivity index (χ2v) is 7.25. The summed E-state index contributed by atoms with van der Waals surface area (Å²) in [5, 5.41) is 12.2. The van der Waals surface area contributed by atoms with E-state index < -0.39 is 17.6 Å². The first-order chi connectivity index (χ1) is 14.0. The van der Waals surface area contributed by atoms with Crippen molar-refractivity contribution in [2.45, 2.75) is 18.4 Å². The highest BCUT2D eigenvalue weighted by Gasteiger charge is 2.38. The Morgan fingerprint density at radius 2 is 1.41 bits per heavy atom. The van der Waals surface area contributed by atoms with Gasteiger partial charge in [0.1, 0.15) is 6.61 Å². The van der Waals surface area contributed by atoms with Gasteiger partial charge in [-0.2, -0.15) is 0 Å². The monoisotopic (exact) mass is 387 g/mol. The normalized spacial score (nSPS) is 14.4. The Bertz CT molecular complexity index is 1020. The number of amides is 1. The van der Waals surface area contributed by atoms with E-state index in [0.29, 0.717) is 5.56 Å². The molecule has 1 atom stereocenters. The molecule has 1 aliphatic rings. The molecule has 5 nitrogen and oxygen atoms in total. The maximum Gasteiger partial charge on any atom is 0.408 e. The van der Waals surface area contributed by atoms with E-state index in [1.54, 1.807) is 30.3 Å². The van der Waals surface area contributed by atoms with E-state index in [-0.39, 0.29) is 12.5 Å². The maximum atomic E-state index is 12.5. The molecular weight excluding hydrogens is 366 g/mol. The third-order valence-corrected chi connectivity index (χ3v) is 5.47. The molecule has 29 heavy (non-hydrogen) atoms. The Labute approximate surface area is 169 Å². The molecule has 0 heterocycles. The van der Waals surface area contributed by atoms with Crippen LogP contribution in [0.15, 0.2) is 78.9 Å². The summed E-state index contributed by atoms with van der Waals surface area (Å²) in [6.45, 7) is 1.58. The zero-order valence-corrected chi connectivity index (χ0v) is 16.0. The lowest BCUT2D eigenvalue weighted by molar-refractivity contribution is -0.144. The molecular formula is C24H21NO4. The Hall–Kier alpha value is -3.60. The molecule has 2 N–H and O–H groups in total. The lowest BCUT2D eigenvalue weighted by atomic mass is 9.92. The van der Waals surface area contributed by atoms with E-state index in [4.69, 9.17) is 4.74 Å². The Morgan fingerprint density at radius 1 is 0.897 bits per heavy atom. The number of ether oxygens (including phenoxy) is 1. The van der Waals surface area contributed by atoms with Crippen LogP contribution < -0.4 is 5.32 Å². The minimum atomic E-state index is -1.58. The van der Waals surface area contributed by atoms with Gasteiger partial charge >= 0.3 is 12.1 Å². The van der Waals surface area contributed by atoms with Crippen LogP contribution >= 0.6 is 0 Å². The number of fused-ring (bicyclic) bond motifs is 3. The number of alkyl carbamates (subject to hydrolysis) is 1. The van der Waals surface area contributed by atoms with Crippen molar-refractivity contribution in [3.05, 3.63) is 95.6 Å². The van der Waals surface area contributed by atoms with Crippen molar-refractivity contribution in [2.24, 2.45) is 0 Å². The smallest absolute Gasteiger partial charge is 0.408 e. The number of aliphatic carboxylic acids is 1. The van der Waals surface area contributed by atoms with Crippen LogP contribution in [-0.2, 0) is 15.1 Å². The van der Waals surface area contributed by atoms with Gasteiger partial charge in [0.15, 0.2) is 5.54 Å². The fourth-order valence-corrected chi connectivity index (χ4v) is 3.86. The van der Waals surface area contributed by atoms with Gasteiger partial charge < -0.3 is 15.2 Å². The minimum absolute atomic E-state index is 0.0824. The van der Waals surface area contributed by atoms with Gasteiger partial charge in [0, 0.05) is 5.92 Å². The molecule has 0 spiro atoms. The highest BCUT2D eigenvalue weighted by molar-refractivity contribution is 5.85. The first-order valence-corrected chi connectivity index (χ1v) is 9.43. The SMILES string of the molecule is CC(NC(=O)OCC1c2ccccc2-c2ccccc21)(C(=O)O)c1ccccc1. The standard InChI is InChI=1S/C24H21NO4/c1-24(22(26)27,16-9-3-2-4-10-16)25-23(28)29-15-21-19-13-7-5-11-17(19)18-12-6-8-14-20(18)21/h2-14,21H,15H2,1H3,(H,25,28)(H,26,27). The summed E-state index contributed by atoms with van der Waals surface area (Å²) in [5.41, 5.74) is 3.37. The van der Waals surface area contributed by atoms with Gasteiger partial charge in [-0.3, -0.25) is 0 Å². The first kappa shape index (κ1) is 18.7. The molecule has 5 heteroatoms. The molecule has 0 saturated carbocycles. The van der Waals surface area contributed by atoms with Crippen LogP contribution in [0.2, 0.25) is 0 Å². The second kappa shape index (κ2) is 7.43. The molecule has 0 aromatic heterocycles. The van der Waals surface area contributed by atoms with Crippen LogP contribution in [0, 0.1) is 0 Å². The molecule has 0 radical (unpaired) electrons. The van der Waals surface area contributed by atoms with E-state index in [1.807, 2.05) is 36.4 Å². The van der Waals surface area contributed by atoms with E-state index in [1.165, 1.54) is 6.92 Å². The molecule has 1 unspecified atom stereocenters. The fourth-order valence-electron chi connectivity index (χ4n) is 3.86. The summed E-state index contributed by atoms with van der Waals surface area (Å²) in [4.78, 5) is 24.4. The van der Waals surface area contributed by atoms with Crippen LogP contribution in [0.25, 0.3) is 11.1 Å². The summed E-state index contributed by atoms with van der Waals surface area (Å²) in [6.07, 6.45) is -0.763. The zero-order valence-electron chi connectivity index (χ0n) is 16.0. The highest BCUT2D eigenvalue weighted by Crippen LogP contribution is 2.44. The van der Waals surface area contributed by atoms with E-state index in [9.17, 15) is 14.7 Å². The summed E-state index contributed by atoms with van der Waals surface area (Å²) >= 11 is 0.